The van der Waals surface area contributed by atoms with Crippen LogP contribution in [0.3, 0.4) is 0 Å². The summed E-state index contributed by atoms with van der Waals surface area (Å²) in [6, 6.07) is 6.33. The fraction of sp³-hybridized carbons (Fsp3) is 0.267. The average Bonchev–Trinajstić information content (AvgIpc) is 2.83. The van der Waals surface area contributed by atoms with E-state index in [1.54, 1.807) is 6.20 Å². The van der Waals surface area contributed by atoms with Gasteiger partial charge in [-0.3, -0.25) is 4.40 Å². The quantitative estimate of drug-likeness (QED) is 0.792. The minimum atomic E-state index is 0.728. The number of aryl methyl sites for hydroxylation is 2. The van der Waals surface area contributed by atoms with E-state index in [1.807, 2.05) is 17.5 Å². The van der Waals surface area contributed by atoms with Gasteiger partial charge >= 0.3 is 0 Å². The first-order chi connectivity index (χ1) is 9.66. The van der Waals surface area contributed by atoms with E-state index in [2.05, 4.69) is 52.5 Å². The molecule has 0 fully saturated rings. The van der Waals surface area contributed by atoms with Gasteiger partial charge in [-0.25, -0.2) is 4.98 Å². The van der Waals surface area contributed by atoms with Crippen molar-refractivity contribution in [1.29, 1.82) is 0 Å². The molecule has 20 heavy (non-hydrogen) atoms. The zero-order chi connectivity index (χ0) is 14.1. The van der Waals surface area contributed by atoms with Crippen LogP contribution in [0.25, 0.3) is 5.65 Å². The van der Waals surface area contributed by atoms with E-state index in [0.29, 0.717) is 0 Å². The first-order valence-electron chi connectivity index (χ1n) is 6.62. The highest BCUT2D eigenvalue weighted by Gasteiger charge is 2.08. The maximum Gasteiger partial charge on any atom is 0.203 e. The number of nitrogens with zero attached hydrogens (tertiary/aromatic N) is 4. The lowest BCUT2D eigenvalue weighted by Gasteiger charge is -2.10. The van der Waals surface area contributed by atoms with Gasteiger partial charge in [-0.05, 0) is 37.5 Å². The molecule has 0 aliphatic carbocycles. The van der Waals surface area contributed by atoms with Crippen LogP contribution >= 0.6 is 0 Å². The van der Waals surface area contributed by atoms with Crippen LogP contribution in [0.4, 0.5) is 5.82 Å². The van der Waals surface area contributed by atoms with Crippen LogP contribution in [-0.4, -0.2) is 19.6 Å². The Hall–Kier alpha value is -2.43. The van der Waals surface area contributed by atoms with E-state index < -0.39 is 0 Å². The molecule has 0 bridgehead atoms. The second kappa shape index (κ2) is 4.92. The normalized spacial score (nSPS) is 10.9. The van der Waals surface area contributed by atoms with E-state index >= 15 is 0 Å². The molecule has 2 heterocycles. The molecule has 1 aromatic carbocycles. The molecule has 0 amide bonds. The first-order valence-corrected chi connectivity index (χ1v) is 6.62. The van der Waals surface area contributed by atoms with Crippen molar-refractivity contribution in [2.75, 3.05) is 5.32 Å². The van der Waals surface area contributed by atoms with Crippen molar-refractivity contribution >= 4 is 11.5 Å². The van der Waals surface area contributed by atoms with E-state index in [-0.39, 0.29) is 0 Å². The highest BCUT2D eigenvalue weighted by atomic mass is 15.3. The van der Waals surface area contributed by atoms with Gasteiger partial charge < -0.3 is 5.32 Å². The van der Waals surface area contributed by atoms with Crippen LogP contribution in [-0.2, 0) is 6.54 Å². The third kappa shape index (κ3) is 2.11. The molecule has 0 saturated carbocycles. The molecule has 2 aromatic heterocycles. The molecular formula is C15H17N5. The van der Waals surface area contributed by atoms with Crippen LogP contribution in [0.2, 0.25) is 0 Å². The summed E-state index contributed by atoms with van der Waals surface area (Å²) in [6.45, 7) is 6.92. The molecule has 5 heteroatoms. The third-order valence-electron chi connectivity index (χ3n) is 3.66. The maximum absolute atomic E-state index is 4.35. The lowest BCUT2D eigenvalue weighted by molar-refractivity contribution is 0.999. The highest BCUT2D eigenvalue weighted by Crippen LogP contribution is 2.16. The molecule has 0 saturated heterocycles. The molecular weight excluding hydrogens is 250 g/mol. The Bertz CT molecular complexity index is 760. The number of aromatic nitrogens is 4. The fourth-order valence-electron chi connectivity index (χ4n) is 2.25. The summed E-state index contributed by atoms with van der Waals surface area (Å²) in [7, 11) is 0. The van der Waals surface area contributed by atoms with Crippen molar-refractivity contribution in [3.63, 3.8) is 0 Å². The topological polar surface area (TPSA) is 55.1 Å². The van der Waals surface area contributed by atoms with E-state index in [4.69, 9.17) is 0 Å². The van der Waals surface area contributed by atoms with Gasteiger partial charge in [0.15, 0.2) is 5.82 Å². The number of benzene rings is 1. The molecule has 3 aromatic rings. The Balaban J connectivity index is 1.89. The van der Waals surface area contributed by atoms with Gasteiger partial charge in [0.2, 0.25) is 5.65 Å². The van der Waals surface area contributed by atoms with Gasteiger partial charge in [0.05, 0.1) is 0 Å². The number of hydrogen-bond acceptors (Lipinski definition) is 4. The minimum absolute atomic E-state index is 0.728. The highest BCUT2D eigenvalue weighted by molar-refractivity contribution is 5.62. The van der Waals surface area contributed by atoms with Crippen molar-refractivity contribution in [1.82, 2.24) is 19.6 Å². The second-order valence-corrected chi connectivity index (χ2v) is 4.93. The van der Waals surface area contributed by atoms with Crippen LogP contribution in [0, 0.1) is 20.8 Å². The third-order valence-corrected chi connectivity index (χ3v) is 3.66. The summed E-state index contributed by atoms with van der Waals surface area (Å²) in [5.41, 5.74) is 4.64. The van der Waals surface area contributed by atoms with Gasteiger partial charge in [-0.2, -0.15) is 0 Å². The molecule has 0 unspecified atom stereocenters. The number of anilines is 1. The molecule has 0 atom stereocenters. The monoisotopic (exact) mass is 267 g/mol. The van der Waals surface area contributed by atoms with Gasteiger partial charge in [0.25, 0.3) is 0 Å². The predicted octanol–water partition coefficient (Wildman–Crippen LogP) is 2.66. The molecule has 0 spiro atoms. The molecule has 3 rings (SSSR count). The van der Waals surface area contributed by atoms with Crippen molar-refractivity contribution in [2.45, 2.75) is 27.3 Å². The molecule has 102 valence electrons. The molecule has 0 radical (unpaired) electrons. The maximum atomic E-state index is 4.35. The number of fused-ring (bicyclic) bond motifs is 1. The van der Waals surface area contributed by atoms with E-state index in [1.165, 1.54) is 16.7 Å². The molecule has 5 nitrogen and oxygen atoms in total. The summed E-state index contributed by atoms with van der Waals surface area (Å²) in [6.07, 6.45) is 3.63. The average molecular weight is 267 g/mol. The van der Waals surface area contributed by atoms with Crippen molar-refractivity contribution in [2.24, 2.45) is 0 Å². The largest absolute Gasteiger partial charge is 0.363 e. The molecule has 0 aliphatic rings. The summed E-state index contributed by atoms with van der Waals surface area (Å²) in [4.78, 5) is 4.35. The van der Waals surface area contributed by atoms with Gasteiger partial charge in [-0.15, -0.1) is 10.2 Å². The summed E-state index contributed by atoms with van der Waals surface area (Å²) < 4.78 is 1.93. The first kappa shape index (κ1) is 12.6. The van der Waals surface area contributed by atoms with Gasteiger partial charge in [0.1, 0.15) is 5.82 Å². The Morgan fingerprint density at radius 1 is 1.15 bits per heavy atom. The van der Waals surface area contributed by atoms with E-state index in [0.717, 1.165) is 23.8 Å². The van der Waals surface area contributed by atoms with Gasteiger partial charge in [-0.1, -0.05) is 18.2 Å². The van der Waals surface area contributed by atoms with Crippen molar-refractivity contribution in [3.8, 4) is 0 Å². The zero-order valence-corrected chi connectivity index (χ0v) is 11.9. The van der Waals surface area contributed by atoms with E-state index in [9.17, 15) is 0 Å². The van der Waals surface area contributed by atoms with Crippen LogP contribution in [0.5, 0.6) is 0 Å². The number of rotatable bonds is 3. The predicted molar refractivity (Wildman–Crippen MR) is 78.8 cm³/mol. The van der Waals surface area contributed by atoms with Crippen LogP contribution in [0.1, 0.15) is 22.5 Å². The Labute approximate surface area is 117 Å². The summed E-state index contributed by atoms with van der Waals surface area (Å²) >= 11 is 0. The Kier molecular flexibility index (Phi) is 3.10. The molecule has 0 aliphatic heterocycles. The molecule has 1 N–H and O–H groups in total. The Morgan fingerprint density at radius 2 is 2.00 bits per heavy atom. The standard InChI is InChI=1S/C15H17N5/c1-10-5-4-6-13(11(10)2)9-17-14-15-19-18-12(3)20(15)8-7-16-14/h4-8H,9H2,1-3H3,(H,16,17). The van der Waals surface area contributed by atoms with Crippen LogP contribution < -0.4 is 5.32 Å². The van der Waals surface area contributed by atoms with Crippen LogP contribution in [0.15, 0.2) is 30.6 Å². The summed E-state index contributed by atoms with van der Waals surface area (Å²) in [5, 5.41) is 11.6. The fourth-order valence-corrected chi connectivity index (χ4v) is 2.25. The SMILES string of the molecule is Cc1cccc(CNc2nccn3c(C)nnc23)c1C. The van der Waals surface area contributed by atoms with Gasteiger partial charge in [0, 0.05) is 18.9 Å². The lowest BCUT2D eigenvalue weighted by Crippen LogP contribution is -2.05. The number of nitrogens with one attached hydrogen (secondary N) is 1. The minimum Gasteiger partial charge on any atom is -0.363 e. The Morgan fingerprint density at radius 3 is 2.85 bits per heavy atom. The second-order valence-electron chi connectivity index (χ2n) is 4.93. The zero-order valence-electron chi connectivity index (χ0n) is 11.9. The summed E-state index contributed by atoms with van der Waals surface area (Å²) in [5.74, 6) is 1.62. The van der Waals surface area contributed by atoms with Crippen molar-refractivity contribution < 1.29 is 0 Å². The smallest absolute Gasteiger partial charge is 0.203 e. The lowest BCUT2D eigenvalue weighted by atomic mass is 10.0. The number of hydrogen-bond donors (Lipinski definition) is 1. The van der Waals surface area contributed by atoms with Crippen molar-refractivity contribution in [3.05, 3.63) is 53.1 Å².